The predicted molar refractivity (Wildman–Crippen MR) is 122 cm³/mol. The lowest BCUT2D eigenvalue weighted by molar-refractivity contribution is -0.140. The minimum absolute atomic E-state index is 0.257. The van der Waals surface area contributed by atoms with Crippen LogP contribution >= 0.6 is 0 Å². The summed E-state index contributed by atoms with van der Waals surface area (Å²) in [4.78, 5) is 26.5. The SMILES string of the molecule is CC(C)C(C(=O)NO)C(=O)Nc1ccc(C#Cc2ccc(CN3CCOCC3)cc2)cc1. The zero-order valence-electron chi connectivity index (χ0n) is 18.4. The van der Waals surface area contributed by atoms with Crippen LogP contribution in [0.2, 0.25) is 0 Å². The maximum atomic E-state index is 12.4. The Morgan fingerprint density at radius 2 is 1.53 bits per heavy atom. The van der Waals surface area contributed by atoms with Gasteiger partial charge >= 0.3 is 0 Å². The van der Waals surface area contributed by atoms with Gasteiger partial charge in [0.05, 0.1) is 13.2 Å². The molecule has 7 nitrogen and oxygen atoms in total. The molecule has 2 aromatic rings. The molecule has 2 amide bonds. The Balaban J connectivity index is 1.58. The summed E-state index contributed by atoms with van der Waals surface area (Å²) < 4.78 is 5.38. The second kappa shape index (κ2) is 11.4. The molecule has 1 atom stereocenters. The first kappa shape index (κ1) is 23.5. The molecule has 0 saturated carbocycles. The van der Waals surface area contributed by atoms with Crippen molar-refractivity contribution in [2.75, 3.05) is 31.6 Å². The van der Waals surface area contributed by atoms with Gasteiger partial charge in [0.2, 0.25) is 5.91 Å². The van der Waals surface area contributed by atoms with E-state index in [-0.39, 0.29) is 5.92 Å². The maximum absolute atomic E-state index is 12.4. The largest absolute Gasteiger partial charge is 0.379 e. The number of nitrogens with zero attached hydrogens (tertiary/aromatic N) is 1. The van der Waals surface area contributed by atoms with Crippen LogP contribution in [0.4, 0.5) is 5.69 Å². The number of hydrogen-bond acceptors (Lipinski definition) is 5. The average Bonchev–Trinajstić information content (AvgIpc) is 2.80. The highest BCUT2D eigenvalue weighted by Crippen LogP contribution is 2.16. The number of nitrogens with one attached hydrogen (secondary N) is 2. The lowest BCUT2D eigenvalue weighted by Gasteiger charge is -2.26. The van der Waals surface area contributed by atoms with Gasteiger partial charge in [-0.1, -0.05) is 37.8 Å². The van der Waals surface area contributed by atoms with Gasteiger partial charge in [-0.25, -0.2) is 5.48 Å². The molecule has 0 radical (unpaired) electrons. The second-order valence-corrected chi connectivity index (χ2v) is 8.10. The zero-order valence-corrected chi connectivity index (χ0v) is 18.4. The fourth-order valence-corrected chi connectivity index (χ4v) is 3.51. The van der Waals surface area contributed by atoms with E-state index in [1.165, 1.54) is 5.56 Å². The molecule has 0 bridgehead atoms. The van der Waals surface area contributed by atoms with Gasteiger partial charge in [-0.3, -0.25) is 19.7 Å². The molecule has 0 spiro atoms. The molecule has 1 fully saturated rings. The van der Waals surface area contributed by atoms with Crippen molar-refractivity contribution < 1.29 is 19.5 Å². The van der Waals surface area contributed by atoms with Crippen molar-refractivity contribution in [1.82, 2.24) is 10.4 Å². The van der Waals surface area contributed by atoms with Crippen molar-refractivity contribution in [2.24, 2.45) is 11.8 Å². The van der Waals surface area contributed by atoms with Crippen LogP contribution in [0.25, 0.3) is 0 Å². The van der Waals surface area contributed by atoms with E-state index < -0.39 is 17.7 Å². The second-order valence-electron chi connectivity index (χ2n) is 8.10. The lowest BCUT2D eigenvalue weighted by atomic mass is 9.94. The number of hydroxylamine groups is 1. The molecule has 1 aliphatic rings. The lowest BCUT2D eigenvalue weighted by Crippen LogP contribution is -2.39. The van der Waals surface area contributed by atoms with Gasteiger partial charge in [0, 0.05) is 36.4 Å². The van der Waals surface area contributed by atoms with Crippen molar-refractivity contribution in [3.8, 4) is 11.8 Å². The number of benzene rings is 2. The molecule has 2 aromatic carbocycles. The summed E-state index contributed by atoms with van der Waals surface area (Å²) in [5.74, 6) is 3.85. The van der Waals surface area contributed by atoms with Crippen LogP contribution < -0.4 is 10.8 Å². The van der Waals surface area contributed by atoms with Crippen molar-refractivity contribution >= 4 is 17.5 Å². The van der Waals surface area contributed by atoms with Gasteiger partial charge in [-0.15, -0.1) is 0 Å². The number of anilines is 1. The van der Waals surface area contributed by atoms with E-state index in [1.807, 2.05) is 24.3 Å². The summed E-state index contributed by atoms with van der Waals surface area (Å²) >= 11 is 0. The molecule has 1 aliphatic heterocycles. The summed E-state index contributed by atoms with van der Waals surface area (Å²) in [5, 5.41) is 11.6. The average molecular weight is 436 g/mol. The van der Waals surface area contributed by atoms with Gasteiger partial charge in [-0.2, -0.15) is 0 Å². The molecule has 168 valence electrons. The molecular weight excluding hydrogens is 406 g/mol. The molecule has 3 N–H and O–H groups in total. The van der Waals surface area contributed by atoms with Crippen molar-refractivity contribution in [1.29, 1.82) is 0 Å². The summed E-state index contributed by atoms with van der Waals surface area (Å²) in [6, 6.07) is 15.4. The smallest absolute Gasteiger partial charge is 0.256 e. The molecule has 1 unspecified atom stereocenters. The van der Waals surface area contributed by atoms with Crippen LogP contribution in [0, 0.1) is 23.7 Å². The van der Waals surface area contributed by atoms with Crippen molar-refractivity contribution in [2.45, 2.75) is 20.4 Å². The summed E-state index contributed by atoms with van der Waals surface area (Å²) in [7, 11) is 0. The van der Waals surface area contributed by atoms with Crippen molar-refractivity contribution in [3.63, 3.8) is 0 Å². The minimum atomic E-state index is -0.981. The quantitative estimate of drug-likeness (QED) is 0.281. The van der Waals surface area contributed by atoms with Gasteiger partial charge in [0.15, 0.2) is 0 Å². The fourth-order valence-electron chi connectivity index (χ4n) is 3.51. The van der Waals surface area contributed by atoms with Crippen LogP contribution in [-0.4, -0.2) is 48.2 Å². The topological polar surface area (TPSA) is 90.9 Å². The predicted octanol–water partition coefficient (Wildman–Crippen LogP) is 2.63. The number of rotatable bonds is 6. The standard InChI is InChI=1S/C25H29N3O4/c1-18(2)23(25(30)27-31)24(29)26-22-11-9-20(10-12-22)4-3-19-5-7-21(8-6-19)17-28-13-15-32-16-14-28/h5-12,18,23,31H,13-17H2,1-2H3,(H,26,29)(H,27,30). The van der Waals surface area contributed by atoms with Crippen molar-refractivity contribution in [3.05, 3.63) is 65.2 Å². The van der Waals surface area contributed by atoms with E-state index in [4.69, 9.17) is 9.94 Å². The van der Waals surface area contributed by atoms with Crippen LogP contribution in [0.1, 0.15) is 30.5 Å². The molecule has 3 rings (SSSR count). The van der Waals surface area contributed by atoms with Crippen LogP contribution in [-0.2, 0) is 20.9 Å². The Kier molecular flexibility index (Phi) is 8.40. The highest BCUT2D eigenvalue weighted by Gasteiger charge is 2.29. The summed E-state index contributed by atoms with van der Waals surface area (Å²) in [5.41, 5.74) is 5.12. The number of amides is 2. The van der Waals surface area contributed by atoms with Crippen LogP contribution in [0.15, 0.2) is 48.5 Å². The molecule has 1 heterocycles. The third-order valence-electron chi connectivity index (χ3n) is 5.31. The number of carbonyl (C=O) groups is 2. The maximum Gasteiger partial charge on any atom is 0.256 e. The highest BCUT2D eigenvalue weighted by atomic mass is 16.5. The molecule has 32 heavy (non-hydrogen) atoms. The monoisotopic (exact) mass is 435 g/mol. The van der Waals surface area contributed by atoms with E-state index in [2.05, 4.69) is 34.2 Å². The van der Waals surface area contributed by atoms with E-state index >= 15 is 0 Å². The molecule has 0 aliphatic carbocycles. The Labute approximate surface area is 188 Å². The van der Waals surface area contributed by atoms with Gasteiger partial charge in [0.25, 0.3) is 5.91 Å². The molecule has 1 saturated heterocycles. The normalized spacial score (nSPS) is 14.9. The Hall–Kier alpha value is -3.18. The zero-order chi connectivity index (χ0) is 22.9. The minimum Gasteiger partial charge on any atom is -0.379 e. The fraction of sp³-hybridized carbons (Fsp3) is 0.360. The molecule has 7 heteroatoms. The van der Waals surface area contributed by atoms with Crippen LogP contribution in [0.3, 0.4) is 0 Å². The summed E-state index contributed by atoms with van der Waals surface area (Å²) in [6.45, 7) is 7.92. The number of ether oxygens (including phenoxy) is 1. The van der Waals surface area contributed by atoms with E-state index in [0.717, 1.165) is 44.0 Å². The molecule has 0 aromatic heterocycles. The Morgan fingerprint density at radius 3 is 2.06 bits per heavy atom. The van der Waals surface area contributed by atoms with Gasteiger partial charge < -0.3 is 10.1 Å². The summed E-state index contributed by atoms with van der Waals surface area (Å²) in [6.07, 6.45) is 0. The number of hydrogen-bond donors (Lipinski definition) is 3. The van der Waals surface area contributed by atoms with E-state index in [9.17, 15) is 9.59 Å². The van der Waals surface area contributed by atoms with E-state index in [1.54, 1.807) is 31.5 Å². The third-order valence-corrected chi connectivity index (χ3v) is 5.31. The highest BCUT2D eigenvalue weighted by molar-refractivity contribution is 6.06. The van der Waals surface area contributed by atoms with E-state index in [0.29, 0.717) is 5.69 Å². The molecular formula is C25H29N3O4. The first-order chi connectivity index (χ1) is 15.5. The van der Waals surface area contributed by atoms with Crippen LogP contribution in [0.5, 0.6) is 0 Å². The van der Waals surface area contributed by atoms with Gasteiger partial charge in [-0.05, 0) is 47.9 Å². The first-order valence-corrected chi connectivity index (χ1v) is 10.7. The third kappa shape index (κ3) is 6.66. The number of morpholine rings is 1. The number of carbonyl (C=O) groups excluding carboxylic acids is 2. The Morgan fingerprint density at radius 1 is 0.969 bits per heavy atom. The van der Waals surface area contributed by atoms with Gasteiger partial charge in [0.1, 0.15) is 5.92 Å². The first-order valence-electron chi connectivity index (χ1n) is 10.7. The Bertz CT molecular complexity index is 969.